The van der Waals surface area contributed by atoms with Crippen LogP contribution < -0.4 is 4.74 Å². The predicted octanol–water partition coefficient (Wildman–Crippen LogP) is 6.08. The van der Waals surface area contributed by atoms with Crippen molar-refractivity contribution < 1.29 is 19.5 Å². The van der Waals surface area contributed by atoms with Gasteiger partial charge in [0.05, 0.1) is 33.3 Å². The second kappa shape index (κ2) is 9.77. The Bertz CT molecular complexity index is 1700. The molecule has 0 bridgehead atoms. The Hall–Kier alpha value is -3.96. The fraction of sp³-hybridized carbons (Fsp3) is 0.529. The summed E-state index contributed by atoms with van der Waals surface area (Å²) >= 11 is 0. The molecule has 3 aliphatic heterocycles. The van der Waals surface area contributed by atoms with Gasteiger partial charge in [0, 0.05) is 11.1 Å². The summed E-state index contributed by atoms with van der Waals surface area (Å²) in [5.74, 6) is 0.0164. The molecule has 5 rings (SSSR count). The molecule has 2 aromatic rings. The molecular formula is C34H43N6O5. The van der Waals surface area contributed by atoms with E-state index in [1.165, 1.54) is 0 Å². The van der Waals surface area contributed by atoms with Gasteiger partial charge in [-0.3, -0.25) is 9.98 Å². The van der Waals surface area contributed by atoms with Crippen molar-refractivity contribution in [3.63, 3.8) is 0 Å². The van der Waals surface area contributed by atoms with Crippen molar-refractivity contribution in [2.75, 3.05) is 0 Å². The van der Waals surface area contributed by atoms with Gasteiger partial charge in [-0.25, -0.2) is 4.79 Å². The maximum atomic E-state index is 13.6. The molecule has 11 nitrogen and oxygen atoms in total. The summed E-state index contributed by atoms with van der Waals surface area (Å²) < 4.78 is 6.83. The molecule has 0 unspecified atom stereocenters. The molecule has 11 heteroatoms. The quantitative estimate of drug-likeness (QED) is 0.227. The van der Waals surface area contributed by atoms with E-state index in [0.717, 1.165) is 14.9 Å². The topological polar surface area (TPSA) is 133 Å². The maximum Gasteiger partial charge on any atom is 0.364 e. The molecular weight excluding hydrogens is 572 g/mol. The molecule has 2 aromatic carbocycles. The van der Waals surface area contributed by atoms with Gasteiger partial charge in [0.1, 0.15) is 11.6 Å². The SMILES string of the molecule is CC1(C)N=C(c2ccc(C3=NC(C)(C)C(C)(C)[N+]3=O)cc2OC(=O)c2ccc(C3=NC(C)(C)C(C)(C)N3[O-])cc2)N([O])C1(C)C. The second-order valence-corrected chi connectivity index (χ2v) is 15.2. The first-order valence-corrected chi connectivity index (χ1v) is 15.2. The summed E-state index contributed by atoms with van der Waals surface area (Å²) in [6.45, 7) is 22.3. The molecule has 0 spiro atoms. The Kier molecular flexibility index (Phi) is 7.04. The third kappa shape index (κ3) is 4.70. The van der Waals surface area contributed by atoms with E-state index in [1.807, 2.05) is 83.1 Å². The molecule has 0 saturated carbocycles. The molecule has 0 N–H and O–H groups in total. The minimum atomic E-state index is -0.866. The first-order valence-electron chi connectivity index (χ1n) is 15.2. The molecule has 0 saturated heterocycles. The molecule has 0 atom stereocenters. The van der Waals surface area contributed by atoms with Crippen LogP contribution in [-0.4, -0.2) is 71.6 Å². The van der Waals surface area contributed by atoms with Crippen LogP contribution in [0.4, 0.5) is 0 Å². The second-order valence-electron chi connectivity index (χ2n) is 15.2. The molecule has 239 valence electrons. The summed E-state index contributed by atoms with van der Waals surface area (Å²) in [4.78, 5) is 41.0. The minimum Gasteiger partial charge on any atom is -0.757 e. The first kappa shape index (κ1) is 32.4. The van der Waals surface area contributed by atoms with Crippen LogP contribution in [-0.2, 0) is 5.21 Å². The van der Waals surface area contributed by atoms with Crippen LogP contribution >= 0.6 is 0 Å². The number of ether oxygens (including phenoxy) is 1. The maximum absolute atomic E-state index is 13.6. The van der Waals surface area contributed by atoms with Crippen LogP contribution in [0.2, 0.25) is 0 Å². The van der Waals surface area contributed by atoms with Gasteiger partial charge in [-0.2, -0.15) is 5.06 Å². The molecule has 45 heavy (non-hydrogen) atoms. The lowest BCUT2D eigenvalue weighted by atomic mass is 9.84. The lowest BCUT2D eigenvalue weighted by Crippen LogP contribution is -2.50. The molecule has 0 fully saturated rings. The molecule has 3 aliphatic rings. The van der Waals surface area contributed by atoms with Gasteiger partial charge in [0.25, 0.3) is 0 Å². The zero-order chi connectivity index (χ0) is 33.7. The standard InChI is InChI=1S/C34H43N6O5/c1-29(2)32(7,8)38(42)25(35-29)20-13-15-21(16-14-20)28(41)45-24-19-22(26-36-30(3,4)33(9,10)39(26)43)17-18-23(24)27-37-31(5,6)34(11,12)40(27)44/h13-19H,1-12H3. The summed E-state index contributed by atoms with van der Waals surface area (Å²) in [6, 6.07) is 11.4. The number of rotatable bonds is 5. The Labute approximate surface area is 264 Å². The summed E-state index contributed by atoms with van der Waals surface area (Å²) in [5.41, 5.74) is -2.86. The van der Waals surface area contributed by atoms with Crippen molar-refractivity contribution in [1.29, 1.82) is 0 Å². The lowest BCUT2D eigenvalue weighted by molar-refractivity contribution is -0.514. The Balaban J connectivity index is 1.53. The number of nitrogens with zero attached hydrogens (tertiary/aromatic N) is 6. The number of carbonyl (C=O) groups is 1. The summed E-state index contributed by atoms with van der Waals surface area (Å²) in [7, 11) is 0. The number of hydrogen-bond acceptors (Lipinski definition) is 9. The first-order chi connectivity index (χ1) is 20.5. The van der Waals surface area contributed by atoms with E-state index in [1.54, 1.807) is 42.5 Å². The fourth-order valence-corrected chi connectivity index (χ4v) is 5.26. The highest BCUT2D eigenvalue weighted by molar-refractivity contribution is 6.06. The average molecular weight is 616 g/mol. The van der Waals surface area contributed by atoms with E-state index in [0.29, 0.717) is 22.5 Å². The van der Waals surface area contributed by atoms with E-state index >= 15 is 0 Å². The highest BCUT2D eigenvalue weighted by Crippen LogP contribution is 2.42. The van der Waals surface area contributed by atoms with Gasteiger partial charge < -0.3 is 15.0 Å². The van der Waals surface area contributed by atoms with Gasteiger partial charge in [-0.05, 0) is 118 Å². The number of nitroso groups, excluding NO2 is 1. The molecule has 0 aromatic heterocycles. The van der Waals surface area contributed by atoms with Crippen molar-refractivity contribution >= 4 is 23.5 Å². The van der Waals surface area contributed by atoms with E-state index in [2.05, 4.69) is 4.99 Å². The zero-order valence-electron chi connectivity index (χ0n) is 28.3. The van der Waals surface area contributed by atoms with E-state index in [-0.39, 0.29) is 23.0 Å². The fourth-order valence-electron chi connectivity index (χ4n) is 5.26. The summed E-state index contributed by atoms with van der Waals surface area (Å²) in [5, 5.41) is 28.3. The Morgan fingerprint density at radius 2 is 1.27 bits per heavy atom. The molecule has 0 aliphatic carbocycles. The zero-order valence-corrected chi connectivity index (χ0v) is 28.3. The van der Waals surface area contributed by atoms with Crippen molar-refractivity contribution in [3.05, 3.63) is 74.8 Å². The number of benzene rings is 2. The average Bonchev–Trinajstić information content (AvgIpc) is 3.30. The third-order valence-electron chi connectivity index (χ3n) is 10.8. The molecule has 1 radical (unpaired) electrons. The lowest BCUT2D eigenvalue weighted by Gasteiger charge is -2.45. The van der Waals surface area contributed by atoms with E-state index < -0.39 is 39.2 Å². The monoisotopic (exact) mass is 615 g/mol. The van der Waals surface area contributed by atoms with Crippen molar-refractivity contribution in [2.45, 2.75) is 116 Å². The van der Waals surface area contributed by atoms with Crippen LogP contribution in [0.5, 0.6) is 5.75 Å². The van der Waals surface area contributed by atoms with Crippen molar-refractivity contribution in [1.82, 2.24) is 10.1 Å². The third-order valence-corrected chi connectivity index (χ3v) is 10.8. The number of esters is 1. The number of hydroxylamine groups is 4. The number of carbonyl (C=O) groups excluding carboxylic acids is 1. The number of amidine groups is 3. The highest BCUT2D eigenvalue weighted by Gasteiger charge is 2.59. The van der Waals surface area contributed by atoms with Crippen LogP contribution in [0.15, 0.2) is 57.4 Å². The van der Waals surface area contributed by atoms with Crippen molar-refractivity contribution in [3.8, 4) is 5.75 Å². The van der Waals surface area contributed by atoms with Gasteiger partial charge in [-0.1, -0.05) is 27.2 Å². The van der Waals surface area contributed by atoms with Gasteiger partial charge in [0.2, 0.25) is 0 Å². The van der Waals surface area contributed by atoms with Gasteiger partial charge >= 0.3 is 11.8 Å². The van der Waals surface area contributed by atoms with Gasteiger partial charge in [-0.15, -0.1) is 0 Å². The molecule has 3 heterocycles. The predicted molar refractivity (Wildman–Crippen MR) is 173 cm³/mol. The van der Waals surface area contributed by atoms with Crippen molar-refractivity contribution in [2.24, 2.45) is 15.0 Å². The molecule has 0 amide bonds. The van der Waals surface area contributed by atoms with Crippen LogP contribution in [0.25, 0.3) is 0 Å². The Morgan fingerprint density at radius 1 is 0.733 bits per heavy atom. The summed E-state index contributed by atoms with van der Waals surface area (Å²) in [6.07, 6.45) is 0. The van der Waals surface area contributed by atoms with Crippen LogP contribution in [0, 0.1) is 10.1 Å². The number of aliphatic imine (C=N–C) groups is 3. The smallest absolute Gasteiger partial charge is 0.364 e. The van der Waals surface area contributed by atoms with Crippen LogP contribution in [0.3, 0.4) is 0 Å². The van der Waals surface area contributed by atoms with E-state index in [4.69, 9.17) is 14.7 Å². The number of hydrogen-bond donors (Lipinski definition) is 0. The van der Waals surface area contributed by atoms with E-state index in [9.17, 15) is 20.1 Å². The highest BCUT2D eigenvalue weighted by atomic mass is 16.5. The van der Waals surface area contributed by atoms with Crippen LogP contribution in [0.1, 0.15) is 110 Å². The minimum absolute atomic E-state index is 0.0719. The van der Waals surface area contributed by atoms with Gasteiger partial charge in [0.15, 0.2) is 16.9 Å². The normalized spacial score (nSPS) is 23.5. The Morgan fingerprint density at radius 3 is 1.73 bits per heavy atom. The largest absolute Gasteiger partial charge is 0.757 e.